The lowest BCUT2D eigenvalue weighted by Gasteiger charge is -2.12. The highest BCUT2D eigenvalue weighted by atomic mass is 127. The van der Waals surface area contributed by atoms with E-state index in [4.69, 9.17) is 4.74 Å². The third-order valence-electron chi connectivity index (χ3n) is 2.94. The van der Waals surface area contributed by atoms with E-state index in [-0.39, 0.29) is 37.1 Å². The van der Waals surface area contributed by atoms with Gasteiger partial charge in [0.1, 0.15) is 12.2 Å². The molecular formula is C14H20F3IN4O. The van der Waals surface area contributed by atoms with Gasteiger partial charge in [-0.25, -0.2) is 9.98 Å². The standard InChI is InChI=1S/C14H19F3N4O.HI/c1-2-18-13(21-10-5-6-10)20-8-9-22-12-11(14(15,16)17)4-3-7-19-12;/h3-4,7,10H,2,5-6,8-9H2,1H3,(H2,18,20,21);1H. The predicted molar refractivity (Wildman–Crippen MR) is 92.3 cm³/mol. The summed E-state index contributed by atoms with van der Waals surface area (Å²) < 4.78 is 43.4. The molecule has 1 aromatic rings. The van der Waals surface area contributed by atoms with Crippen molar-refractivity contribution >= 4 is 29.9 Å². The lowest BCUT2D eigenvalue weighted by molar-refractivity contribution is -0.139. The number of guanidine groups is 1. The molecule has 2 rings (SSSR count). The topological polar surface area (TPSA) is 58.5 Å². The maximum atomic E-state index is 12.8. The summed E-state index contributed by atoms with van der Waals surface area (Å²) in [7, 11) is 0. The van der Waals surface area contributed by atoms with Crippen molar-refractivity contribution in [3.63, 3.8) is 0 Å². The van der Waals surface area contributed by atoms with Crippen LogP contribution in [0.4, 0.5) is 13.2 Å². The average Bonchev–Trinajstić information content (AvgIpc) is 3.27. The number of nitrogens with zero attached hydrogens (tertiary/aromatic N) is 2. The van der Waals surface area contributed by atoms with Gasteiger partial charge in [-0.1, -0.05) is 0 Å². The van der Waals surface area contributed by atoms with E-state index in [9.17, 15) is 13.2 Å². The monoisotopic (exact) mass is 444 g/mol. The zero-order valence-corrected chi connectivity index (χ0v) is 15.0. The summed E-state index contributed by atoms with van der Waals surface area (Å²) in [5.41, 5.74) is -0.873. The minimum atomic E-state index is -4.48. The second-order valence-corrected chi connectivity index (χ2v) is 4.88. The number of aromatic nitrogens is 1. The normalized spacial score (nSPS) is 14.9. The van der Waals surface area contributed by atoms with E-state index in [1.54, 1.807) is 0 Å². The zero-order valence-electron chi connectivity index (χ0n) is 12.7. The molecule has 0 aromatic carbocycles. The molecule has 0 amide bonds. The molecule has 0 bridgehead atoms. The van der Waals surface area contributed by atoms with E-state index in [2.05, 4.69) is 20.6 Å². The summed E-state index contributed by atoms with van der Waals surface area (Å²) in [6.07, 6.45) is -0.977. The molecule has 0 radical (unpaired) electrons. The molecule has 5 nitrogen and oxygen atoms in total. The van der Waals surface area contributed by atoms with Crippen molar-refractivity contribution in [3.05, 3.63) is 23.9 Å². The first kappa shape index (κ1) is 19.8. The van der Waals surface area contributed by atoms with Crippen LogP contribution < -0.4 is 15.4 Å². The molecule has 0 aliphatic heterocycles. The molecule has 0 saturated heterocycles. The fourth-order valence-electron chi connectivity index (χ4n) is 1.76. The van der Waals surface area contributed by atoms with Gasteiger partial charge in [-0.15, -0.1) is 24.0 Å². The number of hydrogen-bond donors (Lipinski definition) is 2. The Kier molecular flexibility index (Phi) is 7.86. The number of alkyl halides is 3. The van der Waals surface area contributed by atoms with E-state index in [0.29, 0.717) is 12.0 Å². The fourth-order valence-corrected chi connectivity index (χ4v) is 1.76. The van der Waals surface area contributed by atoms with E-state index < -0.39 is 17.6 Å². The van der Waals surface area contributed by atoms with Crippen LogP contribution in [0.5, 0.6) is 5.88 Å². The van der Waals surface area contributed by atoms with Crippen molar-refractivity contribution in [1.29, 1.82) is 0 Å². The van der Waals surface area contributed by atoms with E-state index in [1.807, 2.05) is 6.92 Å². The summed E-state index contributed by atoms with van der Waals surface area (Å²) in [6, 6.07) is 2.63. The molecule has 23 heavy (non-hydrogen) atoms. The van der Waals surface area contributed by atoms with Crippen LogP contribution in [0.1, 0.15) is 25.3 Å². The van der Waals surface area contributed by atoms with Gasteiger partial charge in [-0.2, -0.15) is 13.2 Å². The molecule has 9 heteroatoms. The summed E-state index contributed by atoms with van der Waals surface area (Å²) in [5.74, 6) is 0.246. The van der Waals surface area contributed by atoms with Gasteiger partial charge < -0.3 is 15.4 Å². The minimum absolute atomic E-state index is 0. The van der Waals surface area contributed by atoms with Crippen molar-refractivity contribution in [2.24, 2.45) is 4.99 Å². The molecule has 1 aliphatic carbocycles. The van der Waals surface area contributed by atoms with Gasteiger partial charge in [0.15, 0.2) is 5.96 Å². The second-order valence-electron chi connectivity index (χ2n) is 4.88. The lowest BCUT2D eigenvalue weighted by atomic mass is 10.2. The highest BCUT2D eigenvalue weighted by Gasteiger charge is 2.35. The quantitative estimate of drug-likeness (QED) is 0.307. The van der Waals surface area contributed by atoms with Gasteiger partial charge in [-0.05, 0) is 31.9 Å². The smallest absolute Gasteiger partial charge is 0.421 e. The SMILES string of the molecule is CCNC(=NCCOc1ncccc1C(F)(F)F)NC1CC1.I. The van der Waals surface area contributed by atoms with Crippen LogP contribution in [0.25, 0.3) is 0 Å². The molecule has 130 valence electrons. The molecule has 1 aromatic heterocycles. The highest BCUT2D eigenvalue weighted by Crippen LogP contribution is 2.34. The molecule has 1 aliphatic rings. The molecule has 1 saturated carbocycles. The first-order valence-electron chi connectivity index (χ1n) is 7.20. The highest BCUT2D eigenvalue weighted by molar-refractivity contribution is 14.0. The number of aliphatic imine (C=N–C) groups is 1. The third-order valence-corrected chi connectivity index (χ3v) is 2.94. The number of pyridine rings is 1. The van der Waals surface area contributed by atoms with Crippen molar-refractivity contribution in [1.82, 2.24) is 15.6 Å². The van der Waals surface area contributed by atoms with Gasteiger partial charge in [0.05, 0.1) is 6.54 Å². The van der Waals surface area contributed by atoms with E-state index in [0.717, 1.165) is 25.5 Å². The van der Waals surface area contributed by atoms with Crippen LogP contribution in [0.15, 0.2) is 23.3 Å². The molecule has 2 N–H and O–H groups in total. The van der Waals surface area contributed by atoms with Crippen LogP contribution in [0.2, 0.25) is 0 Å². The zero-order chi connectivity index (χ0) is 16.0. The van der Waals surface area contributed by atoms with E-state index in [1.165, 1.54) is 12.3 Å². The number of hydrogen-bond acceptors (Lipinski definition) is 3. The van der Waals surface area contributed by atoms with Crippen molar-refractivity contribution in [2.75, 3.05) is 19.7 Å². The Morgan fingerprint density at radius 3 is 2.78 bits per heavy atom. The Bertz CT molecular complexity index is 521. The molecule has 0 unspecified atom stereocenters. The fraction of sp³-hybridized carbons (Fsp3) is 0.571. The number of nitrogens with one attached hydrogen (secondary N) is 2. The Labute approximate surface area is 150 Å². The van der Waals surface area contributed by atoms with Crippen LogP contribution in [0, 0.1) is 0 Å². The van der Waals surface area contributed by atoms with Gasteiger partial charge in [0, 0.05) is 18.8 Å². The van der Waals surface area contributed by atoms with Gasteiger partial charge >= 0.3 is 6.18 Å². The van der Waals surface area contributed by atoms with Gasteiger partial charge in [0.25, 0.3) is 0 Å². The van der Waals surface area contributed by atoms with Crippen LogP contribution >= 0.6 is 24.0 Å². The summed E-state index contributed by atoms with van der Waals surface area (Å²) in [4.78, 5) is 7.90. The summed E-state index contributed by atoms with van der Waals surface area (Å²) in [6.45, 7) is 2.94. The predicted octanol–water partition coefficient (Wildman–Crippen LogP) is 2.81. The van der Waals surface area contributed by atoms with Crippen molar-refractivity contribution < 1.29 is 17.9 Å². The largest absolute Gasteiger partial charge is 0.475 e. The summed E-state index contributed by atoms with van der Waals surface area (Å²) >= 11 is 0. The molecular weight excluding hydrogens is 424 g/mol. The molecule has 0 atom stereocenters. The van der Waals surface area contributed by atoms with Gasteiger partial charge in [-0.3, -0.25) is 0 Å². The number of halogens is 4. The Balaban J connectivity index is 0.00000264. The Morgan fingerprint density at radius 1 is 1.43 bits per heavy atom. The van der Waals surface area contributed by atoms with Crippen LogP contribution in [-0.4, -0.2) is 36.7 Å². The minimum Gasteiger partial charge on any atom is -0.475 e. The number of ether oxygens (including phenoxy) is 1. The van der Waals surface area contributed by atoms with Crippen LogP contribution in [0.3, 0.4) is 0 Å². The van der Waals surface area contributed by atoms with Crippen molar-refractivity contribution in [2.45, 2.75) is 32.0 Å². The Morgan fingerprint density at radius 2 is 2.17 bits per heavy atom. The first-order valence-corrected chi connectivity index (χ1v) is 7.20. The van der Waals surface area contributed by atoms with Crippen LogP contribution in [-0.2, 0) is 6.18 Å². The van der Waals surface area contributed by atoms with Crippen molar-refractivity contribution in [3.8, 4) is 5.88 Å². The molecule has 0 spiro atoms. The first-order chi connectivity index (χ1) is 10.5. The lowest BCUT2D eigenvalue weighted by Crippen LogP contribution is -2.38. The molecule has 1 heterocycles. The maximum absolute atomic E-state index is 12.8. The number of rotatable bonds is 6. The van der Waals surface area contributed by atoms with Gasteiger partial charge in [0.2, 0.25) is 5.88 Å². The third kappa shape index (κ3) is 6.80. The molecule has 1 fully saturated rings. The second kappa shape index (κ2) is 9.14. The average molecular weight is 444 g/mol. The summed E-state index contributed by atoms with van der Waals surface area (Å²) in [5, 5.41) is 6.29. The Hall–Kier alpha value is -1.26. The van der Waals surface area contributed by atoms with E-state index >= 15 is 0 Å². The maximum Gasteiger partial charge on any atom is 0.421 e.